The SMILES string of the molecule is CCOc1ccc(CNC(=O)CCc2cc(S(=O)(=O)N3CCCCC3)ccc2OC)cc1. The fourth-order valence-electron chi connectivity index (χ4n) is 3.77. The van der Waals surface area contributed by atoms with E-state index in [2.05, 4.69) is 5.32 Å². The van der Waals surface area contributed by atoms with Crippen LogP contribution >= 0.6 is 0 Å². The number of carbonyl (C=O) groups is 1. The highest BCUT2D eigenvalue weighted by atomic mass is 32.2. The summed E-state index contributed by atoms with van der Waals surface area (Å²) in [5, 5.41) is 2.91. The molecule has 0 bridgehead atoms. The molecule has 7 nitrogen and oxygen atoms in total. The van der Waals surface area contributed by atoms with Crippen LogP contribution in [-0.4, -0.2) is 45.4 Å². The summed E-state index contributed by atoms with van der Waals surface area (Å²) in [7, 11) is -1.99. The van der Waals surface area contributed by atoms with Crippen molar-refractivity contribution in [3.05, 3.63) is 53.6 Å². The lowest BCUT2D eigenvalue weighted by Crippen LogP contribution is -2.35. The van der Waals surface area contributed by atoms with Crippen LogP contribution in [0.1, 0.15) is 43.7 Å². The number of piperidine rings is 1. The second kappa shape index (κ2) is 11.3. The summed E-state index contributed by atoms with van der Waals surface area (Å²) < 4.78 is 38.4. The highest BCUT2D eigenvalue weighted by Crippen LogP contribution is 2.27. The van der Waals surface area contributed by atoms with Gasteiger partial charge >= 0.3 is 0 Å². The topological polar surface area (TPSA) is 84.9 Å². The Balaban J connectivity index is 1.60. The molecule has 8 heteroatoms. The third kappa shape index (κ3) is 6.23. The molecule has 0 saturated carbocycles. The standard InChI is InChI=1S/C24H32N2O5S/c1-3-31-21-10-7-19(8-11-21)18-25-24(27)14-9-20-17-22(12-13-23(20)30-2)32(28,29)26-15-5-4-6-16-26/h7-8,10-13,17H,3-6,9,14-16,18H2,1-2H3,(H,25,27). The Morgan fingerprint density at radius 2 is 1.78 bits per heavy atom. The molecule has 0 aliphatic carbocycles. The van der Waals surface area contributed by atoms with Crippen molar-refractivity contribution >= 4 is 15.9 Å². The monoisotopic (exact) mass is 460 g/mol. The van der Waals surface area contributed by atoms with E-state index in [1.54, 1.807) is 29.6 Å². The number of nitrogens with zero attached hydrogens (tertiary/aromatic N) is 1. The van der Waals surface area contributed by atoms with Crippen LogP contribution < -0.4 is 14.8 Å². The zero-order valence-electron chi connectivity index (χ0n) is 18.8. The number of methoxy groups -OCH3 is 1. The maximum absolute atomic E-state index is 13.0. The minimum absolute atomic E-state index is 0.106. The molecule has 1 N–H and O–H groups in total. The van der Waals surface area contributed by atoms with Crippen LogP contribution in [0.3, 0.4) is 0 Å². The first-order chi connectivity index (χ1) is 15.4. The molecule has 1 heterocycles. The minimum atomic E-state index is -3.54. The van der Waals surface area contributed by atoms with Crippen molar-refractivity contribution in [3.8, 4) is 11.5 Å². The fourth-order valence-corrected chi connectivity index (χ4v) is 5.34. The first kappa shape index (κ1) is 24.1. The van der Waals surface area contributed by atoms with E-state index < -0.39 is 10.0 Å². The van der Waals surface area contributed by atoms with Gasteiger partial charge in [-0.05, 0) is 67.6 Å². The number of aryl methyl sites for hydroxylation is 1. The summed E-state index contributed by atoms with van der Waals surface area (Å²) in [6.45, 7) is 4.07. The number of sulfonamides is 1. The predicted molar refractivity (Wildman–Crippen MR) is 123 cm³/mol. The van der Waals surface area contributed by atoms with E-state index in [0.29, 0.717) is 44.0 Å². The van der Waals surface area contributed by atoms with Gasteiger partial charge in [-0.2, -0.15) is 4.31 Å². The van der Waals surface area contributed by atoms with Gasteiger partial charge in [0.05, 0.1) is 18.6 Å². The predicted octanol–water partition coefficient (Wildman–Crippen LogP) is 3.52. The van der Waals surface area contributed by atoms with Crippen molar-refractivity contribution < 1.29 is 22.7 Å². The molecule has 0 spiro atoms. The van der Waals surface area contributed by atoms with E-state index in [4.69, 9.17) is 9.47 Å². The Morgan fingerprint density at radius 1 is 1.06 bits per heavy atom. The van der Waals surface area contributed by atoms with E-state index >= 15 is 0 Å². The van der Waals surface area contributed by atoms with Crippen LogP contribution in [0, 0.1) is 0 Å². The lowest BCUT2D eigenvalue weighted by atomic mass is 10.1. The average molecular weight is 461 g/mol. The van der Waals surface area contributed by atoms with Gasteiger partial charge in [0.25, 0.3) is 0 Å². The molecule has 1 aliphatic heterocycles. The Kier molecular flexibility index (Phi) is 8.53. The number of rotatable bonds is 10. The average Bonchev–Trinajstić information content (AvgIpc) is 2.82. The van der Waals surface area contributed by atoms with E-state index in [1.165, 1.54) is 0 Å². The molecule has 1 amide bonds. The van der Waals surface area contributed by atoms with Crippen molar-refractivity contribution in [2.75, 3.05) is 26.8 Å². The van der Waals surface area contributed by atoms with Crippen LogP contribution in [-0.2, 0) is 27.8 Å². The molecule has 1 aliphatic rings. The summed E-state index contributed by atoms with van der Waals surface area (Å²) in [4.78, 5) is 12.6. The van der Waals surface area contributed by atoms with Crippen LogP contribution in [0.4, 0.5) is 0 Å². The molecule has 2 aromatic carbocycles. The maximum Gasteiger partial charge on any atom is 0.243 e. The summed E-state index contributed by atoms with van der Waals surface area (Å²) in [6.07, 6.45) is 3.46. The second-order valence-electron chi connectivity index (χ2n) is 7.79. The van der Waals surface area contributed by atoms with E-state index in [-0.39, 0.29) is 17.2 Å². The zero-order chi connectivity index (χ0) is 23.0. The third-order valence-corrected chi connectivity index (χ3v) is 7.44. The Hall–Kier alpha value is -2.58. The first-order valence-corrected chi connectivity index (χ1v) is 12.5. The van der Waals surface area contributed by atoms with Crippen LogP contribution in [0.25, 0.3) is 0 Å². The van der Waals surface area contributed by atoms with Gasteiger partial charge in [0.15, 0.2) is 0 Å². The number of benzene rings is 2. The van der Waals surface area contributed by atoms with Gasteiger partial charge < -0.3 is 14.8 Å². The fraction of sp³-hybridized carbons (Fsp3) is 0.458. The summed E-state index contributed by atoms with van der Waals surface area (Å²) >= 11 is 0. The highest BCUT2D eigenvalue weighted by molar-refractivity contribution is 7.89. The first-order valence-electron chi connectivity index (χ1n) is 11.1. The normalized spacial score (nSPS) is 14.7. The van der Waals surface area contributed by atoms with Crippen LogP contribution in [0.2, 0.25) is 0 Å². The number of carbonyl (C=O) groups excluding carboxylic acids is 1. The third-order valence-electron chi connectivity index (χ3n) is 5.55. The molecule has 32 heavy (non-hydrogen) atoms. The number of nitrogens with one attached hydrogen (secondary N) is 1. The lowest BCUT2D eigenvalue weighted by Gasteiger charge is -2.26. The van der Waals surface area contributed by atoms with Crippen LogP contribution in [0.5, 0.6) is 11.5 Å². The van der Waals surface area contributed by atoms with Crippen molar-refractivity contribution in [1.29, 1.82) is 0 Å². The molecular weight excluding hydrogens is 428 g/mol. The molecule has 174 valence electrons. The number of hydrogen-bond donors (Lipinski definition) is 1. The smallest absolute Gasteiger partial charge is 0.243 e. The van der Waals surface area contributed by atoms with Gasteiger partial charge in [-0.25, -0.2) is 8.42 Å². The van der Waals surface area contributed by atoms with Crippen LogP contribution in [0.15, 0.2) is 47.4 Å². The Morgan fingerprint density at radius 3 is 2.44 bits per heavy atom. The maximum atomic E-state index is 13.0. The highest BCUT2D eigenvalue weighted by Gasteiger charge is 2.26. The second-order valence-corrected chi connectivity index (χ2v) is 9.73. The molecule has 0 radical (unpaired) electrons. The molecular formula is C24H32N2O5S. The molecule has 0 atom stereocenters. The molecule has 0 aromatic heterocycles. The van der Waals surface area contributed by atoms with Gasteiger partial charge in [0.2, 0.25) is 15.9 Å². The van der Waals surface area contributed by atoms with Gasteiger partial charge in [-0.3, -0.25) is 4.79 Å². The van der Waals surface area contributed by atoms with E-state index in [9.17, 15) is 13.2 Å². The summed E-state index contributed by atoms with van der Waals surface area (Å²) in [5.74, 6) is 1.28. The van der Waals surface area contributed by atoms with Gasteiger partial charge in [-0.15, -0.1) is 0 Å². The number of hydrogen-bond acceptors (Lipinski definition) is 5. The number of amides is 1. The molecule has 1 saturated heterocycles. The molecule has 3 rings (SSSR count). The van der Waals surface area contributed by atoms with Crippen molar-refractivity contribution in [3.63, 3.8) is 0 Å². The summed E-state index contributed by atoms with van der Waals surface area (Å²) in [5.41, 5.74) is 1.69. The van der Waals surface area contributed by atoms with Gasteiger partial charge in [0, 0.05) is 26.1 Å². The van der Waals surface area contributed by atoms with E-state index in [0.717, 1.165) is 30.6 Å². The summed E-state index contributed by atoms with van der Waals surface area (Å²) in [6, 6.07) is 12.5. The largest absolute Gasteiger partial charge is 0.496 e. The van der Waals surface area contributed by atoms with Gasteiger partial charge in [0.1, 0.15) is 11.5 Å². The van der Waals surface area contributed by atoms with Crippen molar-refractivity contribution in [2.24, 2.45) is 0 Å². The Bertz CT molecular complexity index is 1000. The quantitative estimate of drug-likeness (QED) is 0.586. The Labute approximate surface area is 190 Å². The minimum Gasteiger partial charge on any atom is -0.496 e. The molecule has 2 aromatic rings. The van der Waals surface area contributed by atoms with Gasteiger partial charge in [-0.1, -0.05) is 18.6 Å². The molecule has 0 unspecified atom stereocenters. The lowest BCUT2D eigenvalue weighted by molar-refractivity contribution is -0.121. The van der Waals surface area contributed by atoms with Crippen molar-refractivity contribution in [1.82, 2.24) is 9.62 Å². The van der Waals surface area contributed by atoms with E-state index in [1.807, 2.05) is 31.2 Å². The molecule has 1 fully saturated rings. The number of ether oxygens (including phenoxy) is 2. The van der Waals surface area contributed by atoms with Crippen molar-refractivity contribution in [2.45, 2.75) is 50.5 Å². The zero-order valence-corrected chi connectivity index (χ0v) is 19.6.